The van der Waals surface area contributed by atoms with Crippen LogP contribution < -0.4 is 16.4 Å². The lowest BCUT2D eigenvalue weighted by molar-refractivity contribution is -0.142. The van der Waals surface area contributed by atoms with Gasteiger partial charge in [0.05, 0.1) is 13.2 Å². The van der Waals surface area contributed by atoms with E-state index < -0.39 is 17.9 Å². The molecule has 1 heterocycles. The van der Waals surface area contributed by atoms with Crippen molar-refractivity contribution in [3.63, 3.8) is 0 Å². The molecular formula is C11H19N3O5. The fourth-order valence-corrected chi connectivity index (χ4v) is 1.77. The van der Waals surface area contributed by atoms with Gasteiger partial charge in [-0.3, -0.25) is 9.59 Å². The molecule has 0 aliphatic carbocycles. The van der Waals surface area contributed by atoms with E-state index in [0.29, 0.717) is 19.8 Å². The summed E-state index contributed by atoms with van der Waals surface area (Å²) in [6, 6.07) is -1.20. The highest BCUT2D eigenvalue weighted by Gasteiger charge is 2.23. The molecule has 2 amide bonds. The van der Waals surface area contributed by atoms with E-state index in [9.17, 15) is 14.4 Å². The number of carboxylic acid groups (broad SMARTS) is 1. The second-order valence-electron chi connectivity index (χ2n) is 4.39. The van der Waals surface area contributed by atoms with Crippen molar-refractivity contribution < 1.29 is 24.2 Å². The van der Waals surface area contributed by atoms with E-state index in [2.05, 4.69) is 10.6 Å². The summed E-state index contributed by atoms with van der Waals surface area (Å²) in [7, 11) is 0. The van der Waals surface area contributed by atoms with Crippen LogP contribution >= 0.6 is 0 Å². The Morgan fingerprint density at radius 2 is 2.21 bits per heavy atom. The summed E-state index contributed by atoms with van der Waals surface area (Å²) in [5.74, 6) is -2.16. The van der Waals surface area contributed by atoms with E-state index in [1.54, 1.807) is 0 Å². The number of morpholine rings is 1. The second kappa shape index (κ2) is 7.70. The molecule has 1 saturated heterocycles. The fraction of sp³-hybridized carbons (Fsp3) is 0.727. The second-order valence-corrected chi connectivity index (χ2v) is 4.39. The molecule has 0 radical (unpaired) electrons. The van der Waals surface area contributed by atoms with Gasteiger partial charge in [0, 0.05) is 25.4 Å². The fourth-order valence-electron chi connectivity index (χ4n) is 1.77. The van der Waals surface area contributed by atoms with Crippen molar-refractivity contribution >= 4 is 17.8 Å². The maximum absolute atomic E-state index is 11.7. The molecule has 0 aromatic heterocycles. The molecule has 5 N–H and O–H groups in total. The highest BCUT2D eigenvalue weighted by atomic mass is 16.5. The van der Waals surface area contributed by atoms with Gasteiger partial charge >= 0.3 is 5.97 Å². The van der Waals surface area contributed by atoms with Crippen LogP contribution in [-0.4, -0.2) is 54.7 Å². The van der Waals surface area contributed by atoms with Gasteiger partial charge in [-0.25, -0.2) is 4.79 Å². The van der Waals surface area contributed by atoms with Gasteiger partial charge in [0.25, 0.3) is 0 Å². The number of primary amides is 1. The topological polar surface area (TPSA) is 131 Å². The highest BCUT2D eigenvalue weighted by Crippen LogP contribution is 2.02. The molecule has 8 nitrogen and oxygen atoms in total. The summed E-state index contributed by atoms with van der Waals surface area (Å²) in [5, 5.41) is 14.4. The Kier molecular flexibility index (Phi) is 6.23. The van der Waals surface area contributed by atoms with E-state index in [0.717, 1.165) is 0 Å². The molecule has 1 fully saturated rings. The number of hydrogen-bond donors (Lipinski definition) is 4. The molecule has 0 aromatic rings. The van der Waals surface area contributed by atoms with Gasteiger partial charge < -0.3 is 26.2 Å². The molecule has 108 valence electrons. The monoisotopic (exact) mass is 273 g/mol. The Labute approximate surface area is 110 Å². The molecule has 2 atom stereocenters. The van der Waals surface area contributed by atoms with E-state index in [1.165, 1.54) is 0 Å². The quantitative estimate of drug-likeness (QED) is 0.433. The molecule has 0 saturated carbocycles. The Morgan fingerprint density at radius 3 is 2.74 bits per heavy atom. The Morgan fingerprint density at radius 1 is 1.47 bits per heavy atom. The van der Waals surface area contributed by atoms with Gasteiger partial charge in [-0.15, -0.1) is 0 Å². The van der Waals surface area contributed by atoms with Crippen molar-refractivity contribution in [3.8, 4) is 0 Å². The number of aliphatic carboxylic acids is 1. The van der Waals surface area contributed by atoms with Crippen molar-refractivity contribution in [1.82, 2.24) is 10.6 Å². The molecule has 1 unspecified atom stereocenters. The average molecular weight is 273 g/mol. The minimum Gasteiger partial charge on any atom is -0.480 e. The van der Waals surface area contributed by atoms with Crippen LogP contribution in [0.15, 0.2) is 0 Å². The van der Waals surface area contributed by atoms with Crippen LogP contribution in [-0.2, 0) is 19.1 Å². The van der Waals surface area contributed by atoms with E-state index in [1.807, 2.05) is 0 Å². The molecular weight excluding hydrogens is 254 g/mol. The Hall–Kier alpha value is -1.67. The predicted molar refractivity (Wildman–Crippen MR) is 65.2 cm³/mol. The van der Waals surface area contributed by atoms with Gasteiger partial charge in [0.2, 0.25) is 11.8 Å². The number of carboxylic acids is 1. The zero-order chi connectivity index (χ0) is 14.3. The Balaban J connectivity index is 2.37. The third-order valence-electron chi connectivity index (χ3n) is 2.74. The lowest BCUT2D eigenvalue weighted by Gasteiger charge is -2.24. The van der Waals surface area contributed by atoms with Crippen molar-refractivity contribution in [2.75, 3.05) is 19.8 Å². The summed E-state index contributed by atoms with van der Waals surface area (Å²) in [5.41, 5.74) is 4.95. The first-order valence-electron chi connectivity index (χ1n) is 6.10. The summed E-state index contributed by atoms with van der Waals surface area (Å²) in [4.78, 5) is 33.2. The Bertz CT molecular complexity index is 341. The average Bonchev–Trinajstić information content (AvgIpc) is 2.35. The summed E-state index contributed by atoms with van der Waals surface area (Å²) in [6.07, 6.45) is 0.0490. The number of amides is 2. The van der Waals surface area contributed by atoms with Crippen LogP contribution in [0.5, 0.6) is 0 Å². The smallest absolute Gasteiger partial charge is 0.326 e. The highest BCUT2D eigenvalue weighted by molar-refractivity contribution is 5.84. The van der Waals surface area contributed by atoms with Gasteiger partial charge in [0.15, 0.2) is 0 Å². The number of hydrogen-bond acceptors (Lipinski definition) is 5. The third kappa shape index (κ3) is 6.16. The molecule has 0 aromatic carbocycles. The van der Waals surface area contributed by atoms with E-state index >= 15 is 0 Å². The van der Waals surface area contributed by atoms with E-state index in [4.69, 9.17) is 15.6 Å². The zero-order valence-electron chi connectivity index (χ0n) is 10.6. The zero-order valence-corrected chi connectivity index (χ0v) is 10.6. The third-order valence-corrected chi connectivity index (χ3v) is 2.74. The van der Waals surface area contributed by atoms with Crippen molar-refractivity contribution in [2.24, 2.45) is 5.73 Å². The maximum atomic E-state index is 11.7. The van der Waals surface area contributed by atoms with Gasteiger partial charge in [-0.1, -0.05) is 0 Å². The predicted octanol–water partition coefficient (Wildman–Crippen LogP) is -1.80. The normalized spacial score (nSPS) is 20.5. The summed E-state index contributed by atoms with van der Waals surface area (Å²) < 4.78 is 5.19. The van der Waals surface area contributed by atoms with Gasteiger partial charge in [0.1, 0.15) is 6.04 Å². The molecule has 19 heavy (non-hydrogen) atoms. The number of rotatable bonds is 7. The van der Waals surface area contributed by atoms with Crippen LogP contribution in [0.2, 0.25) is 0 Å². The van der Waals surface area contributed by atoms with Crippen LogP contribution in [0.25, 0.3) is 0 Å². The van der Waals surface area contributed by atoms with Crippen LogP contribution in [0.1, 0.15) is 19.3 Å². The molecule has 1 aliphatic rings. The molecule has 1 rings (SSSR count). The van der Waals surface area contributed by atoms with Crippen molar-refractivity contribution in [2.45, 2.75) is 31.3 Å². The largest absolute Gasteiger partial charge is 0.480 e. The van der Waals surface area contributed by atoms with Crippen molar-refractivity contribution in [3.05, 3.63) is 0 Å². The first kappa shape index (κ1) is 15.4. The molecule has 0 bridgehead atoms. The van der Waals surface area contributed by atoms with Crippen molar-refractivity contribution in [1.29, 1.82) is 0 Å². The SMILES string of the molecule is NC(=O)CC[C@H](NC(=O)CC1COCCN1)C(=O)O. The lowest BCUT2D eigenvalue weighted by atomic mass is 10.1. The number of carbonyl (C=O) groups is 3. The van der Waals surface area contributed by atoms with Gasteiger partial charge in [-0.2, -0.15) is 0 Å². The summed E-state index contributed by atoms with van der Waals surface area (Å²) in [6.45, 7) is 1.70. The minimum absolute atomic E-state index is 0.00893. The summed E-state index contributed by atoms with van der Waals surface area (Å²) >= 11 is 0. The number of nitrogens with two attached hydrogens (primary N) is 1. The lowest BCUT2D eigenvalue weighted by Crippen LogP contribution is -2.47. The van der Waals surface area contributed by atoms with Crippen LogP contribution in [0, 0.1) is 0 Å². The van der Waals surface area contributed by atoms with Crippen LogP contribution in [0.4, 0.5) is 0 Å². The first-order chi connectivity index (χ1) is 8.99. The maximum Gasteiger partial charge on any atom is 0.326 e. The standard InChI is InChI=1S/C11H19N3O5/c12-9(15)2-1-8(11(17)18)14-10(16)5-7-6-19-4-3-13-7/h7-8,13H,1-6H2,(H2,12,15)(H,14,16)(H,17,18)/t7?,8-/m0/s1. The molecule has 0 spiro atoms. The number of ether oxygens (including phenoxy) is 1. The van der Waals surface area contributed by atoms with Crippen LogP contribution in [0.3, 0.4) is 0 Å². The minimum atomic E-state index is -1.18. The first-order valence-corrected chi connectivity index (χ1v) is 6.10. The van der Waals surface area contributed by atoms with E-state index in [-0.39, 0.29) is 31.2 Å². The molecule has 1 aliphatic heterocycles. The van der Waals surface area contributed by atoms with Gasteiger partial charge in [-0.05, 0) is 6.42 Å². The molecule has 8 heteroatoms. The number of nitrogens with one attached hydrogen (secondary N) is 2. The number of carbonyl (C=O) groups excluding carboxylic acids is 2.